The summed E-state index contributed by atoms with van der Waals surface area (Å²) < 4.78 is 0. The molecule has 0 saturated carbocycles. The second-order valence-electron chi connectivity index (χ2n) is 6.35. The van der Waals surface area contributed by atoms with Crippen molar-refractivity contribution >= 4 is 0 Å². The Balaban J connectivity index is 2.26. The molecule has 0 heterocycles. The maximum Gasteiger partial charge on any atom is -0.0135 e. The fourth-order valence-corrected chi connectivity index (χ4v) is 3.15. The molecule has 0 heteroatoms. The Bertz CT molecular complexity index is 293. The normalized spacial score (nSPS) is 39.2. The highest BCUT2D eigenvalue weighted by Crippen LogP contribution is 2.44. The zero-order valence-corrected chi connectivity index (χ0v) is 10.6. The van der Waals surface area contributed by atoms with Gasteiger partial charge in [-0.3, -0.25) is 0 Å². The van der Waals surface area contributed by atoms with E-state index in [1.165, 1.54) is 19.3 Å². The average molecular weight is 204 g/mol. The molecule has 0 aliphatic heterocycles. The van der Waals surface area contributed by atoms with Crippen LogP contribution in [0.1, 0.15) is 47.0 Å². The minimum atomic E-state index is 0.407. The summed E-state index contributed by atoms with van der Waals surface area (Å²) in [5, 5.41) is 0. The lowest BCUT2D eigenvalue weighted by Gasteiger charge is -2.36. The molecule has 0 amide bonds. The van der Waals surface area contributed by atoms with Crippen molar-refractivity contribution in [3.05, 3.63) is 23.8 Å². The minimum Gasteiger partial charge on any atom is -0.0850 e. The van der Waals surface area contributed by atoms with Gasteiger partial charge in [-0.15, -0.1) is 0 Å². The van der Waals surface area contributed by atoms with Gasteiger partial charge in [-0.05, 0) is 49.4 Å². The van der Waals surface area contributed by atoms with Gasteiger partial charge in [-0.2, -0.15) is 0 Å². The number of rotatable bonds is 0. The van der Waals surface area contributed by atoms with E-state index in [2.05, 4.69) is 45.9 Å². The van der Waals surface area contributed by atoms with Gasteiger partial charge in [0.2, 0.25) is 0 Å². The number of hydrogen-bond acceptors (Lipinski definition) is 0. The SMILES string of the molecule is CC1=CCC(C)CC2C=CC(C)(C)CC12. The molecule has 0 aromatic heterocycles. The van der Waals surface area contributed by atoms with Crippen LogP contribution in [0.4, 0.5) is 0 Å². The van der Waals surface area contributed by atoms with Crippen LogP contribution in [0.5, 0.6) is 0 Å². The highest BCUT2D eigenvalue weighted by atomic mass is 14.4. The molecule has 0 aromatic carbocycles. The predicted molar refractivity (Wildman–Crippen MR) is 66.7 cm³/mol. The molecular formula is C15H24. The second-order valence-corrected chi connectivity index (χ2v) is 6.35. The summed E-state index contributed by atoms with van der Waals surface area (Å²) in [6.45, 7) is 9.45. The van der Waals surface area contributed by atoms with Crippen molar-refractivity contribution in [2.24, 2.45) is 23.2 Å². The Morgan fingerprint density at radius 1 is 1.33 bits per heavy atom. The summed E-state index contributed by atoms with van der Waals surface area (Å²) in [4.78, 5) is 0. The molecule has 0 bridgehead atoms. The lowest BCUT2D eigenvalue weighted by atomic mass is 9.68. The van der Waals surface area contributed by atoms with Crippen molar-refractivity contribution < 1.29 is 0 Å². The van der Waals surface area contributed by atoms with Crippen LogP contribution in [0, 0.1) is 23.2 Å². The van der Waals surface area contributed by atoms with E-state index < -0.39 is 0 Å². The third kappa shape index (κ3) is 2.35. The van der Waals surface area contributed by atoms with Crippen LogP contribution in [0.2, 0.25) is 0 Å². The first kappa shape index (κ1) is 11.0. The fraction of sp³-hybridized carbons (Fsp3) is 0.733. The van der Waals surface area contributed by atoms with Crippen molar-refractivity contribution in [2.45, 2.75) is 47.0 Å². The van der Waals surface area contributed by atoms with E-state index in [1.54, 1.807) is 5.57 Å². The van der Waals surface area contributed by atoms with Crippen molar-refractivity contribution in [3.8, 4) is 0 Å². The summed E-state index contributed by atoms with van der Waals surface area (Å²) in [6, 6.07) is 0. The first-order chi connectivity index (χ1) is 6.98. The van der Waals surface area contributed by atoms with Gasteiger partial charge in [0.1, 0.15) is 0 Å². The summed E-state index contributed by atoms with van der Waals surface area (Å²) in [7, 11) is 0. The third-order valence-electron chi connectivity index (χ3n) is 4.16. The van der Waals surface area contributed by atoms with Gasteiger partial charge in [0.05, 0.1) is 0 Å². The molecule has 0 N–H and O–H groups in total. The van der Waals surface area contributed by atoms with Gasteiger partial charge in [-0.1, -0.05) is 44.6 Å². The van der Waals surface area contributed by atoms with Gasteiger partial charge in [0, 0.05) is 0 Å². The molecule has 0 aromatic rings. The molecule has 0 fully saturated rings. The van der Waals surface area contributed by atoms with E-state index in [0.29, 0.717) is 5.41 Å². The number of hydrogen-bond donors (Lipinski definition) is 0. The Morgan fingerprint density at radius 2 is 2.07 bits per heavy atom. The molecular weight excluding hydrogens is 180 g/mol. The molecule has 2 aliphatic rings. The van der Waals surface area contributed by atoms with E-state index in [9.17, 15) is 0 Å². The van der Waals surface area contributed by atoms with Gasteiger partial charge < -0.3 is 0 Å². The molecule has 84 valence electrons. The van der Waals surface area contributed by atoms with Crippen LogP contribution in [-0.4, -0.2) is 0 Å². The van der Waals surface area contributed by atoms with E-state index in [4.69, 9.17) is 0 Å². The van der Waals surface area contributed by atoms with Crippen LogP contribution in [0.15, 0.2) is 23.8 Å². The number of fused-ring (bicyclic) bond motifs is 1. The predicted octanol–water partition coefficient (Wildman–Crippen LogP) is 4.58. The fourth-order valence-electron chi connectivity index (χ4n) is 3.15. The molecule has 0 nitrogen and oxygen atoms in total. The smallest absolute Gasteiger partial charge is 0.0135 e. The number of allylic oxidation sites excluding steroid dienone is 4. The summed E-state index contributed by atoms with van der Waals surface area (Å²) in [5.41, 5.74) is 2.05. The zero-order chi connectivity index (χ0) is 11.1. The zero-order valence-electron chi connectivity index (χ0n) is 10.6. The van der Waals surface area contributed by atoms with Crippen LogP contribution in [0.25, 0.3) is 0 Å². The summed E-state index contributed by atoms with van der Waals surface area (Å²) in [6.07, 6.45) is 11.4. The Morgan fingerprint density at radius 3 is 2.80 bits per heavy atom. The molecule has 0 saturated heterocycles. The molecule has 2 rings (SSSR count). The highest BCUT2D eigenvalue weighted by molar-refractivity contribution is 5.17. The van der Waals surface area contributed by atoms with Gasteiger partial charge >= 0.3 is 0 Å². The molecule has 3 unspecified atom stereocenters. The standard InChI is InChI=1S/C15H24/c1-11-5-6-12(2)14-10-15(3,4)8-7-13(14)9-11/h6-8,11,13-14H,5,9-10H2,1-4H3. The maximum atomic E-state index is 2.49. The van der Waals surface area contributed by atoms with Crippen molar-refractivity contribution in [2.75, 3.05) is 0 Å². The molecule has 15 heavy (non-hydrogen) atoms. The van der Waals surface area contributed by atoms with E-state index in [-0.39, 0.29) is 0 Å². The Labute approximate surface area is 94.5 Å². The maximum absolute atomic E-state index is 2.49. The second kappa shape index (κ2) is 3.81. The lowest BCUT2D eigenvalue weighted by molar-refractivity contribution is 0.263. The molecule has 3 atom stereocenters. The Kier molecular flexibility index (Phi) is 2.79. The van der Waals surface area contributed by atoms with Crippen LogP contribution in [0.3, 0.4) is 0 Å². The van der Waals surface area contributed by atoms with E-state index in [1.807, 2.05) is 0 Å². The topological polar surface area (TPSA) is 0 Å². The first-order valence-electron chi connectivity index (χ1n) is 6.34. The summed E-state index contributed by atoms with van der Waals surface area (Å²) in [5.74, 6) is 2.49. The molecule has 0 spiro atoms. The highest BCUT2D eigenvalue weighted by Gasteiger charge is 2.33. The molecule has 2 aliphatic carbocycles. The van der Waals surface area contributed by atoms with Crippen LogP contribution in [-0.2, 0) is 0 Å². The van der Waals surface area contributed by atoms with Crippen LogP contribution >= 0.6 is 0 Å². The largest absolute Gasteiger partial charge is 0.0850 e. The first-order valence-corrected chi connectivity index (χ1v) is 6.34. The quantitative estimate of drug-likeness (QED) is 0.507. The van der Waals surface area contributed by atoms with E-state index >= 15 is 0 Å². The lowest BCUT2D eigenvalue weighted by Crippen LogP contribution is -2.26. The van der Waals surface area contributed by atoms with Crippen molar-refractivity contribution in [3.63, 3.8) is 0 Å². The Hall–Kier alpha value is -0.520. The average Bonchev–Trinajstić information content (AvgIpc) is 2.28. The van der Waals surface area contributed by atoms with Crippen LogP contribution < -0.4 is 0 Å². The monoisotopic (exact) mass is 204 g/mol. The third-order valence-corrected chi connectivity index (χ3v) is 4.16. The van der Waals surface area contributed by atoms with Gasteiger partial charge in [0.15, 0.2) is 0 Å². The van der Waals surface area contributed by atoms with E-state index in [0.717, 1.165) is 17.8 Å². The van der Waals surface area contributed by atoms with Gasteiger partial charge in [-0.25, -0.2) is 0 Å². The van der Waals surface area contributed by atoms with Crippen molar-refractivity contribution in [1.29, 1.82) is 0 Å². The minimum absolute atomic E-state index is 0.407. The molecule has 0 radical (unpaired) electrons. The summed E-state index contributed by atoms with van der Waals surface area (Å²) >= 11 is 0. The van der Waals surface area contributed by atoms with Gasteiger partial charge in [0.25, 0.3) is 0 Å². The van der Waals surface area contributed by atoms with Crippen molar-refractivity contribution in [1.82, 2.24) is 0 Å².